The zero-order valence-electron chi connectivity index (χ0n) is 18.4. The minimum Gasteiger partial charge on any atom is -0.359 e. The number of likely N-dealkylation sites (tertiary alicyclic amines) is 1. The second kappa shape index (κ2) is 13.3. The zero-order chi connectivity index (χ0) is 20.5. The highest BCUT2D eigenvalue weighted by Crippen LogP contribution is 2.22. The highest BCUT2D eigenvalue weighted by atomic mass is 127. The van der Waals surface area contributed by atoms with Gasteiger partial charge in [-0.3, -0.25) is 4.90 Å². The largest absolute Gasteiger partial charge is 0.359 e. The lowest BCUT2D eigenvalue weighted by molar-refractivity contribution is 0.198. The van der Waals surface area contributed by atoms with Crippen LogP contribution in [0.25, 0.3) is 0 Å². The van der Waals surface area contributed by atoms with Gasteiger partial charge < -0.3 is 15.2 Å². The van der Waals surface area contributed by atoms with E-state index in [1.807, 2.05) is 0 Å². The first kappa shape index (κ1) is 25.1. The normalized spacial score (nSPS) is 15.9. The number of hydrogen-bond donors (Lipinski definition) is 2. The third-order valence-corrected chi connectivity index (χ3v) is 6.37. The first-order valence-corrected chi connectivity index (χ1v) is 11.9. The summed E-state index contributed by atoms with van der Waals surface area (Å²) in [5, 5.41) is 15.6. The van der Waals surface area contributed by atoms with Gasteiger partial charge in [0.05, 0.1) is 5.69 Å². The summed E-state index contributed by atoms with van der Waals surface area (Å²) in [6.45, 7) is 11.1. The third-order valence-electron chi connectivity index (χ3n) is 5.63. The number of aromatic nitrogens is 1. The Kier molecular flexibility index (Phi) is 11.2. The molecule has 0 atom stereocenters. The Labute approximate surface area is 201 Å². The Morgan fingerprint density at radius 2 is 2.07 bits per heavy atom. The van der Waals surface area contributed by atoms with Crippen LogP contribution in [0.15, 0.2) is 32.4 Å². The fourth-order valence-corrected chi connectivity index (χ4v) is 4.51. The number of piperidine rings is 1. The summed E-state index contributed by atoms with van der Waals surface area (Å²) in [6, 6.07) is 4.75. The van der Waals surface area contributed by atoms with Gasteiger partial charge in [0.2, 0.25) is 0 Å². The minimum absolute atomic E-state index is 0. The number of nitrogens with one attached hydrogen (secondary N) is 2. The lowest BCUT2D eigenvalue weighted by Crippen LogP contribution is -2.48. The van der Waals surface area contributed by atoms with Crippen molar-refractivity contribution >= 4 is 41.3 Å². The van der Waals surface area contributed by atoms with Crippen molar-refractivity contribution in [1.29, 1.82) is 0 Å². The number of nitrogens with zero attached hydrogens (tertiary/aromatic N) is 3. The van der Waals surface area contributed by atoms with Crippen molar-refractivity contribution in [3.63, 3.8) is 0 Å². The van der Waals surface area contributed by atoms with Crippen LogP contribution < -0.4 is 10.6 Å². The first-order chi connectivity index (χ1) is 14.2. The molecule has 2 aromatic heterocycles. The first-order valence-electron chi connectivity index (χ1n) is 11.0. The smallest absolute Gasteiger partial charge is 0.191 e. The van der Waals surface area contributed by atoms with Crippen LogP contribution in [0.5, 0.6) is 0 Å². The summed E-state index contributed by atoms with van der Waals surface area (Å²) in [5.74, 6) is 2.17. The summed E-state index contributed by atoms with van der Waals surface area (Å²) in [6.07, 6.45) is 4.44. The van der Waals surface area contributed by atoms with E-state index in [1.165, 1.54) is 5.56 Å². The van der Waals surface area contributed by atoms with Crippen molar-refractivity contribution in [3.05, 3.63) is 39.9 Å². The van der Waals surface area contributed by atoms with E-state index in [0.29, 0.717) is 18.5 Å². The standard InChI is InChI=1S/C22H35N5OS.HI/c1-4-18(5-2)21-13-20(28-26-21)14-24-22(23-6-3)25-19-7-10-27(11-8-19)15-17-9-12-29-16-17;/h9,12-13,16,18-19H,4-8,10-11,14-15H2,1-3H3,(H2,23,24,25);1H. The van der Waals surface area contributed by atoms with Crippen LogP contribution >= 0.6 is 35.3 Å². The summed E-state index contributed by atoms with van der Waals surface area (Å²) in [7, 11) is 0. The number of thiophene rings is 1. The van der Waals surface area contributed by atoms with Crippen LogP contribution in [0.3, 0.4) is 0 Å². The van der Waals surface area contributed by atoms with Crippen LogP contribution in [0.2, 0.25) is 0 Å². The average Bonchev–Trinajstić information content (AvgIpc) is 3.41. The van der Waals surface area contributed by atoms with Crippen molar-refractivity contribution in [2.45, 2.75) is 71.5 Å². The van der Waals surface area contributed by atoms with E-state index in [2.05, 4.69) is 64.4 Å². The summed E-state index contributed by atoms with van der Waals surface area (Å²) < 4.78 is 5.51. The molecule has 1 saturated heterocycles. The van der Waals surface area contributed by atoms with E-state index >= 15 is 0 Å². The van der Waals surface area contributed by atoms with E-state index < -0.39 is 0 Å². The SMILES string of the molecule is CCNC(=NCc1cc(C(CC)CC)no1)NC1CCN(Cc2ccsc2)CC1.I. The van der Waals surface area contributed by atoms with Crippen molar-refractivity contribution < 1.29 is 4.52 Å². The van der Waals surface area contributed by atoms with E-state index in [1.54, 1.807) is 11.3 Å². The highest BCUT2D eigenvalue weighted by Gasteiger charge is 2.20. The van der Waals surface area contributed by atoms with Crippen molar-refractivity contribution in [3.8, 4) is 0 Å². The molecule has 3 heterocycles. The van der Waals surface area contributed by atoms with E-state index in [-0.39, 0.29) is 24.0 Å². The maximum Gasteiger partial charge on any atom is 0.191 e. The maximum atomic E-state index is 5.51. The number of halogens is 1. The van der Waals surface area contributed by atoms with Crippen LogP contribution in [-0.2, 0) is 13.1 Å². The fourth-order valence-electron chi connectivity index (χ4n) is 3.85. The molecule has 0 radical (unpaired) electrons. The van der Waals surface area contributed by atoms with Crippen LogP contribution in [0, 0.1) is 0 Å². The average molecular weight is 546 g/mol. The van der Waals surface area contributed by atoms with Gasteiger partial charge in [-0.15, -0.1) is 24.0 Å². The molecule has 1 aliphatic rings. The van der Waals surface area contributed by atoms with Crippen LogP contribution in [0.1, 0.15) is 69.4 Å². The topological polar surface area (TPSA) is 65.7 Å². The van der Waals surface area contributed by atoms with Gasteiger partial charge in [0.25, 0.3) is 0 Å². The Morgan fingerprint density at radius 1 is 1.30 bits per heavy atom. The molecule has 0 amide bonds. The van der Waals surface area contributed by atoms with E-state index in [9.17, 15) is 0 Å². The zero-order valence-corrected chi connectivity index (χ0v) is 21.5. The van der Waals surface area contributed by atoms with Gasteiger partial charge in [-0.2, -0.15) is 11.3 Å². The minimum atomic E-state index is 0. The molecule has 168 valence electrons. The maximum absolute atomic E-state index is 5.51. The van der Waals surface area contributed by atoms with Gasteiger partial charge in [-0.05, 0) is 55.0 Å². The number of rotatable bonds is 9. The molecule has 0 bridgehead atoms. The second-order valence-corrected chi connectivity index (χ2v) is 8.53. The molecule has 2 aromatic rings. The molecule has 0 aliphatic carbocycles. The van der Waals surface area contributed by atoms with Gasteiger partial charge in [0.1, 0.15) is 6.54 Å². The quantitative estimate of drug-likeness (QED) is 0.265. The Hall–Kier alpha value is -1.13. The molecule has 2 N–H and O–H groups in total. The van der Waals surface area contributed by atoms with Crippen LogP contribution in [-0.4, -0.2) is 41.7 Å². The molecule has 6 nitrogen and oxygen atoms in total. The van der Waals surface area contributed by atoms with Gasteiger partial charge in [-0.1, -0.05) is 19.0 Å². The summed E-state index contributed by atoms with van der Waals surface area (Å²) >= 11 is 1.78. The molecule has 8 heteroatoms. The molecule has 0 aromatic carbocycles. The molecule has 0 saturated carbocycles. The predicted octanol–water partition coefficient (Wildman–Crippen LogP) is 4.98. The molecule has 1 fully saturated rings. The van der Waals surface area contributed by atoms with Gasteiger partial charge in [-0.25, -0.2) is 4.99 Å². The molecule has 0 spiro atoms. The molecular weight excluding hydrogens is 509 g/mol. The third kappa shape index (κ3) is 7.53. The summed E-state index contributed by atoms with van der Waals surface area (Å²) in [4.78, 5) is 7.27. The van der Waals surface area contributed by atoms with E-state index in [0.717, 1.165) is 69.3 Å². The van der Waals surface area contributed by atoms with Gasteiger partial charge >= 0.3 is 0 Å². The fraction of sp³-hybridized carbons (Fsp3) is 0.636. The predicted molar refractivity (Wildman–Crippen MR) is 136 cm³/mol. The second-order valence-electron chi connectivity index (χ2n) is 7.75. The molecule has 3 rings (SSSR count). The monoisotopic (exact) mass is 545 g/mol. The van der Waals surface area contributed by atoms with Crippen molar-refractivity contribution in [2.75, 3.05) is 19.6 Å². The Morgan fingerprint density at radius 3 is 2.70 bits per heavy atom. The van der Waals surface area contributed by atoms with Crippen molar-refractivity contribution in [1.82, 2.24) is 20.7 Å². The molecular formula is C22H36IN5OS. The molecule has 30 heavy (non-hydrogen) atoms. The Bertz CT molecular complexity index is 737. The van der Waals surface area contributed by atoms with Gasteiger partial charge in [0, 0.05) is 44.2 Å². The number of aliphatic imine (C=N–C) groups is 1. The molecule has 0 unspecified atom stereocenters. The van der Waals surface area contributed by atoms with Gasteiger partial charge in [0.15, 0.2) is 11.7 Å². The Balaban J connectivity index is 0.00000320. The highest BCUT2D eigenvalue weighted by molar-refractivity contribution is 14.0. The van der Waals surface area contributed by atoms with Crippen LogP contribution in [0.4, 0.5) is 0 Å². The lowest BCUT2D eigenvalue weighted by Gasteiger charge is -2.32. The molecule has 1 aliphatic heterocycles. The number of guanidine groups is 1. The van der Waals surface area contributed by atoms with E-state index in [4.69, 9.17) is 9.52 Å². The van der Waals surface area contributed by atoms with Crippen molar-refractivity contribution in [2.24, 2.45) is 4.99 Å². The lowest BCUT2D eigenvalue weighted by atomic mass is 9.99. The number of hydrogen-bond acceptors (Lipinski definition) is 5. The summed E-state index contributed by atoms with van der Waals surface area (Å²) in [5.41, 5.74) is 2.48.